The number of oxazole rings is 1. The number of amides is 2. The summed E-state index contributed by atoms with van der Waals surface area (Å²) < 4.78 is 5.06. The minimum atomic E-state index is -0.330. The van der Waals surface area contributed by atoms with Crippen LogP contribution in [-0.2, 0) is 0 Å². The van der Waals surface area contributed by atoms with Gasteiger partial charge in [0.2, 0.25) is 0 Å². The lowest BCUT2D eigenvalue weighted by atomic mass is 9.98. The van der Waals surface area contributed by atoms with E-state index in [4.69, 9.17) is 4.42 Å². The van der Waals surface area contributed by atoms with Crippen molar-refractivity contribution >= 4 is 17.5 Å². The standard InChI is InChI=1S/C19H23N3O3/c1-12-6-8-22(9-7-12)19(24)15-4-5-16(13(2)10-15)21-18(23)17-11-25-14(3)20-17/h4-5,10-12H,6-9H2,1-3H3,(H,21,23). The summed E-state index contributed by atoms with van der Waals surface area (Å²) in [5, 5.41) is 2.80. The molecule has 1 aromatic heterocycles. The quantitative estimate of drug-likeness (QED) is 0.928. The zero-order valence-electron chi connectivity index (χ0n) is 14.8. The van der Waals surface area contributed by atoms with E-state index in [1.165, 1.54) is 6.26 Å². The molecule has 1 aliphatic rings. The number of rotatable bonds is 3. The molecule has 3 rings (SSSR count). The molecule has 6 heteroatoms. The van der Waals surface area contributed by atoms with Crippen LogP contribution in [0.15, 0.2) is 28.9 Å². The van der Waals surface area contributed by atoms with Crippen molar-refractivity contribution in [2.24, 2.45) is 5.92 Å². The van der Waals surface area contributed by atoms with Crippen molar-refractivity contribution in [2.75, 3.05) is 18.4 Å². The van der Waals surface area contributed by atoms with Crippen LogP contribution < -0.4 is 5.32 Å². The smallest absolute Gasteiger partial charge is 0.277 e. The fourth-order valence-corrected chi connectivity index (χ4v) is 2.99. The number of carbonyl (C=O) groups excluding carboxylic acids is 2. The van der Waals surface area contributed by atoms with Crippen LogP contribution in [0.1, 0.15) is 52.1 Å². The van der Waals surface area contributed by atoms with E-state index in [2.05, 4.69) is 17.2 Å². The number of hydrogen-bond acceptors (Lipinski definition) is 4. The number of nitrogens with zero attached hydrogens (tertiary/aromatic N) is 2. The van der Waals surface area contributed by atoms with Crippen LogP contribution in [0.2, 0.25) is 0 Å². The monoisotopic (exact) mass is 341 g/mol. The Labute approximate surface area is 147 Å². The van der Waals surface area contributed by atoms with Gasteiger partial charge >= 0.3 is 0 Å². The third-order valence-electron chi connectivity index (χ3n) is 4.64. The van der Waals surface area contributed by atoms with Gasteiger partial charge in [-0.05, 0) is 49.4 Å². The second-order valence-corrected chi connectivity index (χ2v) is 6.71. The summed E-state index contributed by atoms with van der Waals surface area (Å²) in [6.07, 6.45) is 3.43. The minimum Gasteiger partial charge on any atom is -0.448 e. The predicted octanol–water partition coefficient (Wildman–Crippen LogP) is 3.42. The summed E-state index contributed by atoms with van der Waals surface area (Å²) in [6, 6.07) is 5.35. The van der Waals surface area contributed by atoms with E-state index < -0.39 is 0 Å². The van der Waals surface area contributed by atoms with E-state index in [1.807, 2.05) is 17.9 Å². The average molecular weight is 341 g/mol. The zero-order chi connectivity index (χ0) is 18.0. The number of hydrogen-bond donors (Lipinski definition) is 1. The van der Waals surface area contributed by atoms with Crippen LogP contribution in [0.5, 0.6) is 0 Å². The molecule has 0 atom stereocenters. The van der Waals surface area contributed by atoms with E-state index in [9.17, 15) is 9.59 Å². The molecule has 0 bridgehead atoms. The van der Waals surface area contributed by atoms with Crippen molar-refractivity contribution in [3.8, 4) is 0 Å². The Morgan fingerprint density at radius 3 is 2.56 bits per heavy atom. The Morgan fingerprint density at radius 2 is 1.96 bits per heavy atom. The van der Waals surface area contributed by atoms with Crippen molar-refractivity contribution in [3.05, 3.63) is 47.2 Å². The second kappa shape index (κ2) is 7.09. The van der Waals surface area contributed by atoms with Gasteiger partial charge in [0, 0.05) is 31.3 Å². The molecule has 0 spiro atoms. The summed E-state index contributed by atoms with van der Waals surface area (Å²) in [5.41, 5.74) is 2.39. The Hall–Kier alpha value is -2.63. The lowest BCUT2D eigenvalue weighted by molar-refractivity contribution is 0.0697. The fourth-order valence-electron chi connectivity index (χ4n) is 2.99. The van der Waals surface area contributed by atoms with Crippen molar-refractivity contribution in [3.63, 3.8) is 0 Å². The summed E-state index contributed by atoms with van der Waals surface area (Å²) in [4.78, 5) is 30.7. The molecular formula is C19H23N3O3. The number of anilines is 1. The van der Waals surface area contributed by atoms with E-state index in [0.29, 0.717) is 23.1 Å². The van der Waals surface area contributed by atoms with Crippen LogP contribution in [0.3, 0.4) is 0 Å². The summed E-state index contributed by atoms with van der Waals surface area (Å²) in [6.45, 7) is 7.40. The normalized spacial score (nSPS) is 15.2. The number of nitrogens with one attached hydrogen (secondary N) is 1. The highest BCUT2D eigenvalue weighted by atomic mass is 16.3. The number of benzene rings is 1. The van der Waals surface area contributed by atoms with Gasteiger partial charge in [0.05, 0.1) is 0 Å². The largest absolute Gasteiger partial charge is 0.448 e. The number of piperidine rings is 1. The van der Waals surface area contributed by atoms with E-state index in [-0.39, 0.29) is 17.5 Å². The third kappa shape index (κ3) is 3.90. The maximum absolute atomic E-state index is 12.6. The van der Waals surface area contributed by atoms with Crippen LogP contribution in [0.25, 0.3) is 0 Å². The lowest BCUT2D eigenvalue weighted by Crippen LogP contribution is -2.37. The summed E-state index contributed by atoms with van der Waals surface area (Å²) in [5.74, 6) is 0.853. The highest BCUT2D eigenvalue weighted by Gasteiger charge is 2.22. The van der Waals surface area contributed by atoms with Gasteiger partial charge in [-0.25, -0.2) is 4.98 Å². The Kier molecular flexibility index (Phi) is 4.88. The molecule has 6 nitrogen and oxygen atoms in total. The van der Waals surface area contributed by atoms with Gasteiger partial charge in [-0.3, -0.25) is 9.59 Å². The van der Waals surface area contributed by atoms with Gasteiger partial charge < -0.3 is 14.6 Å². The number of aromatic nitrogens is 1. The topological polar surface area (TPSA) is 75.4 Å². The van der Waals surface area contributed by atoms with Gasteiger partial charge in [0.15, 0.2) is 11.6 Å². The van der Waals surface area contributed by atoms with Crippen molar-refractivity contribution in [1.29, 1.82) is 0 Å². The first-order valence-corrected chi connectivity index (χ1v) is 8.57. The number of aryl methyl sites for hydroxylation is 2. The molecule has 1 fully saturated rings. The molecule has 2 aromatic rings. The molecule has 25 heavy (non-hydrogen) atoms. The van der Waals surface area contributed by atoms with Crippen molar-refractivity contribution in [1.82, 2.24) is 9.88 Å². The first kappa shape index (κ1) is 17.2. The SMILES string of the molecule is Cc1nc(C(=O)Nc2ccc(C(=O)N3CCC(C)CC3)cc2C)co1. The second-order valence-electron chi connectivity index (χ2n) is 6.71. The Bertz CT molecular complexity index is 789. The zero-order valence-corrected chi connectivity index (χ0v) is 14.8. The van der Waals surface area contributed by atoms with E-state index in [1.54, 1.807) is 19.1 Å². The van der Waals surface area contributed by atoms with Crippen molar-refractivity contribution < 1.29 is 14.0 Å². The highest BCUT2D eigenvalue weighted by Crippen LogP contribution is 2.21. The third-order valence-corrected chi connectivity index (χ3v) is 4.64. The number of carbonyl (C=O) groups is 2. The van der Waals surface area contributed by atoms with Crippen LogP contribution in [0, 0.1) is 19.8 Å². The van der Waals surface area contributed by atoms with Gasteiger partial charge in [0.1, 0.15) is 6.26 Å². The van der Waals surface area contributed by atoms with Crippen LogP contribution in [-0.4, -0.2) is 34.8 Å². The maximum atomic E-state index is 12.6. The first-order valence-electron chi connectivity index (χ1n) is 8.57. The molecule has 0 aliphatic carbocycles. The molecule has 2 amide bonds. The van der Waals surface area contributed by atoms with Gasteiger partial charge in [-0.1, -0.05) is 6.92 Å². The molecular weight excluding hydrogens is 318 g/mol. The summed E-state index contributed by atoms with van der Waals surface area (Å²) in [7, 11) is 0. The molecule has 132 valence electrons. The molecule has 0 radical (unpaired) electrons. The number of likely N-dealkylation sites (tertiary alicyclic amines) is 1. The molecule has 1 aromatic carbocycles. The maximum Gasteiger partial charge on any atom is 0.277 e. The first-order chi connectivity index (χ1) is 11.9. The molecule has 0 unspecified atom stereocenters. The molecule has 1 N–H and O–H groups in total. The van der Waals surface area contributed by atoms with Crippen LogP contribution in [0.4, 0.5) is 5.69 Å². The van der Waals surface area contributed by atoms with Crippen LogP contribution >= 0.6 is 0 Å². The van der Waals surface area contributed by atoms with Crippen molar-refractivity contribution in [2.45, 2.75) is 33.6 Å². The Morgan fingerprint density at radius 1 is 1.24 bits per heavy atom. The fraction of sp³-hybridized carbons (Fsp3) is 0.421. The van der Waals surface area contributed by atoms with E-state index >= 15 is 0 Å². The summed E-state index contributed by atoms with van der Waals surface area (Å²) >= 11 is 0. The molecule has 1 aliphatic heterocycles. The Balaban J connectivity index is 1.70. The van der Waals surface area contributed by atoms with E-state index in [0.717, 1.165) is 31.5 Å². The van der Waals surface area contributed by atoms with Gasteiger partial charge in [0.25, 0.3) is 11.8 Å². The predicted molar refractivity (Wildman–Crippen MR) is 94.7 cm³/mol. The lowest BCUT2D eigenvalue weighted by Gasteiger charge is -2.30. The van der Waals surface area contributed by atoms with Gasteiger partial charge in [-0.15, -0.1) is 0 Å². The molecule has 2 heterocycles. The molecule has 1 saturated heterocycles. The van der Waals surface area contributed by atoms with Gasteiger partial charge in [-0.2, -0.15) is 0 Å². The minimum absolute atomic E-state index is 0.0556. The highest BCUT2D eigenvalue weighted by molar-refractivity contribution is 6.03. The molecule has 0 saturated carbocycles. The average Bonchev–Trinajstić information content (AvgIpc) is 3.03.